The first-order valence-corrected chi connectivity index (χ1v) is 6.15. The fraction of sp³-hybridized carbons (Fsp3) is 0. The average molecular weight is 329 g/mol. The van der Waals surface area contributed by atoms with Gasteiger partial charge in [0.05, 0.1) is 9.95 Å². The van der Waals surface area contributed by atoms with Crippen molar-refractivity contribution in [2.75, 3.05) is 0 Å². The van der Waals surface area contributed by atoms with E-state index in [4.69, 9.17) is 33.0 Å². The molecule has 1 N–H and O–H groups in total. The van der Waals surface area contributed by atoms with Crippen molar-refractivity contribution in [2.24, 2.45) is 0 Å². The minimum Gasteiger partial charge on any atom is -0.477 e. The number of carboxylic acids is 1. The van der Waals surface area contributed by atoms with Crippen molar-refractivity contribution in [1.82, 2.24) is 4.98 Å². The molecule has 0 amide bonds. The van der Waals surface area contributed by atoms with E-state index in [-0.39, 0.29) is 21.7 Å². The Kier molecular flexibility index (Phi) is 4.25. The number of hydrogen-bond donors (Lipinski definition) is 1. The number of carbonyl (C=O) groups is 1. The lowest BCUT2D eigenvalue weighted by Crippen LogP contribution is -2.04. The minimum absolute atomic E-state index is 0.0793. The van der Waals surface area contributed by atoms with Gasteiger partial charge in [0.15, 0.2) is 0 Å². The molecule has 0 unspecified atom stereocenters. The van der Waals surface area contributed by atoms with Crippen molar-refractivity contribution in [1.29, 1.82) is 0 Å². The summed E-state index contributed by atoms with van der Waals surface area (Å²) in [6, 6.07) is 5.39. The van der Waals surface area contributed by atoms with Gasteiger partial charge in [-0.25, -0.2) is 9.78 Å². The molecule has 0 aliphatic rings. The maximum atomic E-state index is 11.1. The molecule has 0 atom stereocenters. The summed E-state index contributed by atoms with van der Waals surface area (Å²) in [5.41, 5.74) is -0.919. The first kappa shape index (κ1) is 15.0. The van der Waals surface area contributed by atoms with Crippen LogP contribution in [0.4, 0.5) is 5.69 Å². The van der Waals surface area contributed by atoms with Crippen LogP contribution >= 0.6 is 23.2 Å². The Morgan fingerprint density at radius 1 is 1.38 bits per heavy atom. The largest absolute Gasteiger partial charge is 0.477 e. The molecule has 2 aromatic rings. The van der Waals surface area contributed by atoms with Gasteiger partial charge < -0.3 is 9.84 Å². The third-order valence-electron chi connectivity index (χ3n) is 2.40. The highest BCUT2D eigenvalue weighted by molar-refractivity contribution is 6.42. The van der Waals surface area contributed by atoms with E-state index in [2.05, 4.69) is 4.98 Å². The van der Waals surface area contributed by atoms with Crippen LogP contribution in [-0.4, -0.2) is 21.0 Å². The summed E-state index contributed by atoms with van der Waals surface area (Å²) in [6.45, 7) is 0. The quantitative estimate of drug-likeness (QED) is 0.676. The van der Waals surface area contributed by atoms with Crippen LogP contribution in [-0.2, 0) is 0 Å². The van der Waals surface area contributed by atoms with Crippen LogP contribution in [0.2, 0.25) is 10.0 Å². The van der Waals surface area contributed by atoms with E-state index in [0.717, 1.165) is 12.3 Å². The molecule has 2 rings (SSSR count). The van der Waals surface area contributed by atoms with E-state index in [9.17, 15) is 14.9 Å². The zero-order chi connectivity index (χ0) is 15.6. The molecule has 0 saturated heterocycles. The van der Waals surface area contributed by atoms with E-state index >= 15 is 0 Å². The number of halogens is 2. The monoisotopic (exact) mass is 328 g/mol. The summed E-state index contributed by atoms with van der Waals surface area (Å²) < 4.78 is 5.29. The molecule has 0 aliphatic heterocycles. The predicted octanol–water partition coefficient (Wildman–Crippen LogP) is 3.79. The number of ether oxygens (including phenoxy) is 1. The Morgan fingerprint density at radius 3 is 2.71 bits per heavy atom. The smallest absolute Gasteiger partial charge is 0.341 e. The second kappa shape index (κ2) is 5.94. The molecule has 9 heteroatoms. The number of hydrogen-bond acceptors (Lipinski definition) is 5. The van der Waals surface area contributed by atoms with Crippen molar-refractivity contribution < 1.29 is 19.6 Å². The molecule has 0 bridgehead atoms. The zero-order valence-electron chi connectivity index (χ0n) is 10.1. The topological polar surface area (TPSA) is 103 Å². The van der Waals surface area contributed by atoms with Crippen LogP contribution in [0.25, 0.3) is 0 Å². The molecule has 0 saturated carbocycles. The van der Waals surface area contributed by atoms with Gasteiger partial charge in [0.1, 0.15) is 22.5 Å². The van der Waals surface area contributed by atoms with Crippen molar-refractivity contribution in [3.8, 4) is 11.6 Å². The highest BCUT2D eigenvalue weighted by Crippen LogP contribution is 2.35. The molecule has 0 spiro atoms. The van der Waals surface area contributed by atoms with Crippen molar-refractivity contribution in [2.45, 2.75) is 0 Å². The van der Waals surface area contributed by atoms with Gasteiger partial charge in [-0.3, -0.25) is 10.1 Å². The summed E-state index contributed by atoms with van der Waals surface area (Å²) in [5.74, 6) is -1.65. The second-order valence-corrected chi connectivity index (χ2v) is 4.55. The third kappa shape index (κ3) is 3.21. The number of carboxylic acid groups (broad SMARTS) is 1. The second-order valence-electron chi connectivity index (χ2n) is 3.76. The fourth-order valence-electron chi connectivity index (χ4n) is 1.44. The molecular weight excluding hydrogens is 323 g/mol. The molecule has 0 radical (unpaired) electrons. The van der Waals surface area contributed by atoms with Gasteiger partial charge in [-0.1, -0.05) is 29.3 Å². The fourth-order valence-corrected chi connectivity index (χ4v) is 1.77. The number of aromatic nitrogens is 1. The minimum atomic E-state index is -1.42. The molecule has 21 heavy (non-hydrogen) atoms. The molecule has 0 aliphatic carbocycles. The lowest BCUT2D eigenvalue weighted by atomic mass is 10.2. The number of nitro groups is 1. The first-order chi connectivity index (χ1) is 9.90. The van der Waals surface area contributed by atoms with Gasteiger partial charge >= 0.3 is 5.97 Å². The van der Waals surface area contributed by atoms with E-state index < -0.39 is 22.1 Å². The van der Waals surface area contributed by atoms with Crippen molar-refractivity contribution in [3.05, 3.63) is 56.2 Å². The number of benzene rings is 1. The van der Waals surface area contributed by atoms with Gasteiger partial charge in [-0.15, -0.1) is 0 Å². The average Bonchev–Trinajstić information content (AvgIpc) is 2.43. The first-order valence-electron chi connectivity index (χ1n) is 5.39. The third-order valence-corrected chi connectivity index (χ3v) is 3.20. The molecule has 1 heterocycles. The van der Waals surface area contributed by atoms with E-state index in [0.29, 0.717) is 0 Å². The standard InChI is InChI=1S/C12H6Cl2N2O5/c13-8-2-1-3-9(10(8)14)21-11-7(12(17)18)4-6(5-15-11)16(19)20/h1-5H,(H,17,18). The number of aromatic carboxylic acids is 1. The SMILES string of the molecule is O=C(O)c1cc([N+](=O)[O-])cnc1Oc1cccc(Cl)c1Cl. The van der Waals surface area contributed by atoms with Gasteiger partial charge in [-0.2, -0.15) is 0 Å². The maximum absolute atomic E-state index is 11.1. The van der Waals surface area contributed by atoms with Crippen LogP contribution < -0.4 is 4.74 Å². The number of rotatable bonds is 4. The van der Waals surface area contributed by atoms with Crippen LogP contribution in [0.3, 0.4) is 0 Å². The van der Waals surface area contributed by atoms with Crippen LogP contribution in [0.5, 0.6) is 11.6 Å². The summed E-state index contributed by atoms with van der Waals surface area (Å²) in [5, 5.41) is 20.0. The molecular formula is C12H6Cl2N2O5. The van der Waals surface area contributed by atoms with Crippen LogP contribution in [0.15, 0.2) is 30.5 Å². The predicted molar refractivity (Wildman–Crippen MR) is 74.4 cm³/mol. The summed E-state index contributed by atoms with van der Waals surface area (Å²) in [4.78, 5) is 24.7. The maximum Gasteiger partial charge on any atom is 0.341 e. The molecule has 7 nitrogen and oxygen atoms in total. The lowest BCUT2D eigenvalue weighted by molar-refractivity contribution is -0.385. The van der Waals surface area contributed by atoms with Crippen LogP contribution in [0.1, 0.15) is 10.4 Å². The summed E-state index contributed by atoms with van der Waals surface area (Å²) in [7, 11) is 0. The van der Waals surface area contributed by atoms with Gasteiger partial charge in [-0.05, 0) is 12.1 Å². The summed E-state index contributed by atoms with van der Waals surface area (Å²) in [6.07, 6.45) is 0.889. The summed E-state index contributed by atoms with van der Waals surface area (Å²) >= 11 is 11.7. The Morgan fingerprint density at radius 2 is 2.10 bits per heavy atom. The molecule has 108 valence electrons. The van der Waals surface area contributed by atoms with Crippen LogP contribution in [0, 0.1) is 10.1 Å². The van der Waals surface area contributed by atoms with Gasteiger partial charge in [0, 0.05) is 6.07 Å². The molecule has 1 aromatic heterocycles. The van der Waals surface area contributed by atoms with E-state index in [1.807, 2.05) is 0 Å². The highest BCUT2D eigenvalue weighted by atomic mass is 35.5. The molecule has 1 aromatic carbocycles. The van der Waals surface area contributed by atoms with E-state index in [1.54, 1.807) is 6.07 Å². The Labute approximate surface area is 127 Å². The highest BCUT2D eigenvalue weighted by Gasteiger charge is 2.20. The Bertz CT molecular complexity index is 736. The van der Waals surface area contributed by atoms with Gasteiger partial charge in [0.2, 0.25) is 5.88 Å². The van der Waals surface area contributed by atoms with Crippen molar-refractivity contribution in [3.63, 3.8) is 0 Å². The van der Waals surface area contributed by atoms with Crippen molar-refractivity contribution >= 4 is 34.9 Å². The lowest BCUT2D eigenvalue weighted by Gasteiger charge is -2.09. The number of pyridine rings is 1. The Hall–Kier alpha value is -2.38. The normalized spacial score (nSPS) is 10.2. The van der Waals surface area contributed by atoms with Gasteiger partial charge in [0.25, 0.3) is 5.69 Å². The Balaban J connectivity index is 2.46. The zero-order valence-corrected chi connectivity index (χ0v) is 11.6. The van der Waals surface area contributed by atoms with E-state index in [1.165, 1.54) is 12.1 Å². The number of nitrogens with zero attached hydrogens (tertiary/aromatic N) is 2. The molecule has 0 fully saturated rings.